The second-order valence-corrected chi connectivity index (χ2v) is 8.63. The third-order valence-corrected chi connectivity index (χ3v) is 6.39. The van der Waals surface area contributed by atoms with Crippen LogP contribution < -0.4 is 0 Å². The van der Waals surface area contributed by atoms with Gasteiger partial charge < -0.3 is 4.90 Å². The summed E-state index contributed by atoms with van der Waals surface area (Å²) in [4.78, 5) is 19.4. The summed E-state index contributed by atoms with van der Waals surface area (Å²) in [5.41, 5.74) is 6.30. The number of hydrogen-bond donors (Lipinski definition) is 0. The van der Waals surface area contributed by atoms with Gasteiger partial charge in [0.15, 0.2) is 0 Å². The van der Waals surface area contributed by atoms with Crippen LogP contribution in [0.15, 0.2) is 79.3 Å². The van der Waals surface area contributed by atoms with Gasteiger partial charge in [-0.2, -0.15) is 4.68 Å². The van der Waals surface area contributed by atoms with Gasteiger partial charge in [0.1, 0.15) is 5.69 Å². The normalized spacial score (nSPS) is 16.0. The molecule has 2 aromatic heterocycles. The zero-order chi connectivity index (χ0) is 22.6. The van der Waals surface area contributed by atoms with Crippen LogP contribution in [0.4, 0.5) is 4.79 Å². The first-order valence-electron chi connectivity index (χ1n) is 11.5. The highest BCUT2D eigenvalue weighted by atomic mass is 16.2. The quantitative estimate of drug-likeness (QED) is 0.430. The summed E-state index contributed by atoms with van der Waals surface area (Å²) < 4.78 is 1.39. The van der Waals surface area contributed by atoms with Gasteiger partial charge >= 0.3 is 6.03 Å². The molecule has 6 nitrogen and oxygen atoms in total. The van der Waals surface area contributed by atoms with Crippen molar-refractivity contribution >= 4 is 6.03 Å². The number of carbonyl (C=O) groups excluding carboxylic acids is 1. The Kier molecular flexibility index (Phi) is 5.98. The van der Waals surface area contributed by atoms with Crippen molar-refractivity contribution in [2.45, 2.75) is 38.6 Å². The fraction of sp³-hybridized carbons (Fsp3) is 0.259. The number of benzene rings is 2. The van der Waals surface area contributed by atoms with Gasteiger partial charge in [0, 0.05) is 30.5 Å². The Morgan fingerprint density at radius 2 is 1.79 bits per heavy atom. The number of piperidine rings is 1. The fourth-order valence-corrected chi connectivity index (χ4v) is 4.59. The second kappa shape index (κ2) is 9.36. The monoisotopic (exact) mass is 437 g/mol. The van der Waals surface area contributed by atoms with Gasteiger partial charge in [-0.05, 0) is 60.9 Å². The highest BCUT2D eigenvalue weighted by Gasteiger charge is 2.28. The van der Waals surface area contributed by atoms with Crippen molar-refractivity contribution < 1.29 is 4.79 Å². The Labute approximate surface area is 193 Å². The van der Waals surface area contributed by atoms with Gasteiger partial charge in [-0.25, -0.2) is 4.79 Å². The summed E-state index contributed by atoms with van der Waals surface area (Å²) in [6, 6.07) is 20.7. The summed E-state index contributed by atoms with van der Waals surface area (Å²) >= 11 is 0. The van der Waals surface area contributed by atoms with E-state index >= 15 is 0 Å². The molecule has 4 aromatic rings. The number of carbonyl (C=O) groups is 1. The minimum Gasteiger partial charge on any atom is -0.320 e. The molecule has 1 amide bonds. The number of aromatic nitrogens is 4. The van der Waals surface area contributed by atoms with Crippen LogP contribution in [0.2, 0.25) is 0 Å². The number of pyridine rings is 1. The van der Waals surface area contributed by atoms with Gasteiger partial charge in [-0.15, -0.1) is 5.10 Å². The number of likely N-dealkylation sites (tertiary alicyclic amines) is 1. The molecule has 6 heteroatoms. The van der Waals surface area contributed by atoms with E-state index in [1.54, 1.807) is 12.4 Å². The summed E-state index contributed by atoms with van der Waals surface area (Å²) in [6.07, 6.45) is 9.46. The molecule has 0 aliphatic carbocycles. The topological polar surface area (TPSA) is 63.9 Å². The SMILES string of the molecule is Cc1cnccc1-c1ccc(-c2cn(C(=O)N3CCCCC3Cc3ccccc3)nn2)cc1. The summed E-state index contributed by atoms with van der Waals surface area (Å²) in [7, 11) is 0. The smallest absolute Gasteiger partial charge is 0.320 e. The Balaban J connectivity index is 1.33. The van der Waals surface area contributed by atoms with Crippen LogP contribution in [0.25, 0.3) is 22.4 Å². The zero-order valence-electron chi connectivity index (χ0n) is 18.8. The van der Waals surface area contributed by atoms with E-state index in [-0.39, 0.29) is 12.1 Å². The van der Waals surface area contributed by atoms with Gasteiger partial charge in [0.2, 0.25) is 0 Å². The van der Waals surface area contributed by atoms with E-state index in [1.165, 1.54) is 10.2 Å². The molecule has 33 heavy (non-hydrogen) atoms. The lowest BCUT2D eigenvalue weighted by molar-refractivity contribution is 0.149. The average Bonchev–Trinajstić information content (AvgIpc) is 3.36. The largest absolute Gasteiger partial charge is 0.346 e. The Morgan fingerprint density at radius 3 is 2.58 bits per heavy atom. The van der Waals surface area contributed by atoms with Crippen LogP contribution in [0, 0.1) is 6.92 Å². The molecule has 3 heterocycles. The van der Waals surface area contributed by atoms with Gasteiger partial charge in [0.05, 0.1) is 6.20 Å². The maximum Gasteiger partial charge on any atom is 0.346 e. The van der Waals surface area contributed by atoms with E-state index in [2.05, 4.69) is 58.6 Å². The minimum atomic E-state index is -0.0987. The Bertz CT molecular complexity index is 1230. The molecule has 0 saturated carbocycles. The van der Waals surface area contributed by atoms with Crippen molar-refractivity contribution in [3.8, 4) is 22.4 Å². The molecule has 2 aromatic carbocycles. The molecule has 0 radical (unpaired) electrons. The highest BCUT2D eigenvalue weighted by molar-refractivity contribution is 5.78. The molecule has 1 aliphatic rings. The lowest BCUT2D eigenvalue weighted by Gasteiger charge is -2.35. The van der Waals surface area contributed by atoms with Crippen molar-refractivity contribution in [1.82, 2.24) is 24.9 Å². The molecule has 0 N–H and O–H groups in total. The van der Waals surface area contributed by atoms with Crippen LogP contribution >= 0.6 is 0 Å². The second-order valence-electron chi connectivity index (χ2n) is 8.63. The number of rotatable bonds is 4. The zero-order valence-corrected chi connectivity index (χ0v) is 18.8. The molecular formula is C27H27N5O. The standard InChI is InChI=1S/C27H27N5O/c1-20-18-28-15-14-25(20)22-10-12-23(13-11-22)26-19-32(30-29-26)27(33)31-16-6-5-9-24(31)17-21-7-3-2-4-8-21/h2-4,7-8,10-15,18-19,24H,5-6,9,16-17H2,1H3. The maximum atomic E-state index is 13.3. The summed E-state index contributed by atoms with van der Waals surface area (Å²) in [6.45, 7) is 2.81. The molecular weight excluding hydrogens is 410 g/mol. The van der Waals surface area contributed by atoms with Gasteiger partial charge in [0.25, 0.3) is 0 Å². The Hall–Kier alpha value is -3.80. The third-order valence-electron chi connectivity index (χ3n) is 6.39. The van der Waals surface area contributed by atoms with Crippen molar-refractivity contribution in [3.05, 3.63) is 90.4 Å². The van der Waals surface area contributed by atoms with Gasteiger partial charge in [-0.1, -0.05) is 59.8 Å². The molecule has 166 valence electrons. The fourth-order valence-electron chi connectivity index (χ4n) is 4.59. The minimum absolute atomic E-state index is 0.0987. The van der Waals surface area contributed by atoms with Crippen LogP contribution in [0.3, 0.4) is 0 Å². The summed E-state index contributed by atoms with van der Waals surface area (Å²) in [5, 5.41) is 8.46. The number of hydrogen-bond acceptors (Lipinski definition) is 4. The van der Waals surface area contributed by atoms with Crippen molar-refractivity contribution in [1.29, 1.82) is 0 Å². The van der Waals surface area contributed by atoms with Crippen molar-refractivity contribution in [2.75, 3.05) is 6.54 Å². The van der Waals surface area contributed by atoms with E-state index < -0.39 is 0 Å². The third kappa shape index (κ3) is 4.55. The molecule has 5 rings (SSSR count). The first-order valence-corrected chi connectivity index (χ1v) is 11.5. The number of aryl methyl sites for hydroxylation is 1. The van der Waals surface area contributed by atoms with E-state index in [1.807, 2.05) is 35.4 Å². The van der Waals surface area contributed by atoms with E-state index in [0.717, 1.165) is 54.5 Å². The molecule has 0 bridgehead atoms. The molecule has 0 spiro atoms. The predicted octanol–water partition coefficient (Wildman–Crippen LogP) is 5.38. The number of amides is 1. The van der Waals surface area contributed by atoms with Crippen LogP contribution in [-0.2, 0) is 6.42 Å². The maximum absolute atomic E-state index is 13.3. The molecule has 1 aliphatic heterocycles. The lowest BCUT2D eigenvalue weighted by Crippen LogP contribution is -2.46. The van der Waals surface area contributed by atoms with Gasteiger partial charge in [-0.3, -0.25) is 4.98 Å². The molecule has 1 fully saturated rings. The van der Waals surface area contributed by atoms with Crippen molar-refractivity contribution in [2.24, 2.45) is 0 Å². The molecule has 1 atom stereocenters. The lowest BCUT2D eigenvalue weighted by atomic mass is 9.96. The highest BCUT2D eigenvalue weighted by Crippen LogP contribution is 2.26. The van der Waals surface area contributed by atoms with Crippen LogP contribution in [0.1, 0.15) is 30.4 Å². The Morgan fingerprint density at radius 1 is 1.00 bits per heavy atom. The summed E-state index contributed by atoms with van der Waals surface area (Å²) in [5.74, 6) is 0. The van der Waals surface area contributed by atoms with E-state index in [4.69, 9.17) is 0 Å². The van der Waals surface area contributed by atoms with E-state index in [9.17, 15) is 4.79 Å². The van der Waals surface area contributed by atoms with Crippen molar-refractivity contribution in [3.63, 3.8) is 0 Å². The van der Waals surface area contributed by atoms with E-state index in [0.29, 0.717) is 5.69 Å². The first kappa shape index (κ1) is 21.1. The average molecular weight is 438 g/mol. The number of nitrogens with zero attached hydrogens (tertiary/aromatic N) is 5. The first-order chi connectivity index (χ1) is 16.2. The predicted molar refractivity (Wildman–Crippen MR) is 129 cm³/mol. The van der Waals surface area contributed by atoms with Crippen LogP contribution in [-0.4, -0.2) is 43.5 Å². The molecule has 1 unspecified atom stereocenters. The molecule has 1 saturated heterocycles. The van der Waals surface area contributed by atoms with Crippen LogP contribution in [0.5, 0.6) is 0 Å².